The zero-order valence-electron chi connectivity index (χ0n) is 10.5. The quantitative estimate of drug-likeness (QED) is 0.889. The van der Waals surface area contributed by atoms with E-state index in [9.17, 15) is 0 Å². The molecule has 1 aromatic carbocycles. The Labute approximate surface area is 108 Å². The third-order valence-electron chi connectivity index (χ3n) is 3.61. The average molecular weight is 238 g/mol. The lowest BCUT2D eigenvalue weighted by atomic mass is 9.95. The van der Waals surface area contributed by atoms with E-state index in [2.05, 4.69) is 46.7 Å². The standard InChI is InChI=1S/C16H18N2/c1-2-5-13(6-3-1)8-9-15-16-14(10-12-17-15)7-4-11-18-16/h1-7,11,15,17H,8-10,12H2. The molecule has 0 aliphatic carbocycles. The van der Waals surface area contributed by atoms with Crippen LogP contribution in [0.3, 0.4) is 0 Å². The van der Waals surface area contributed by atoms with Gasteiger partial charge in [0.1, 0.15) is 0 Å². The second-order valence-electron chi connectivity index (χ2n) is 4.83. The molecule has 2 heterocycles. The van der Waals surface area contributed by atoms with E-state index in [0.29, 0.717) is 6.04 Å². The largest absolute Gasteiger partial charge is 0.308 e. The fourth-order valence-corrected chi connectivity index (χ4v) is 2.65. The summed E-state index contributed by atoms with van der Waals surface area (Å²) in [6.07, 6.45) is 5.23. The van der Waals surface area contributed by atoms with Crippen LogP contribution < -0.4 is 5.32 Å². The lowest BCUT2D eigenvalue weighted by Gasteiger charge is -2.25. The maximum Gasteiger partial charge on any atom is 0.0605 e. The fourth-order valence-electron chi connectivity index (χ4n) is 2.65. The predicted molar refractivity (Wildman–Crippen MR) is 73.4 cm³/mol. The molecule has 2 nitrogen and oxygen atoms in total. The highest BCUT2D eigenvalue weighted by Crippen LogP contribution is 2.24. The smallest absolute Gasteiger partial charge is 0.0605 e. The highest BCUT2D eigenvalue weighted by atomic mass is 15.0. The van der Waals surface area contributed by atoms with Crippen molar-refractivity contribution in [3.63, 3.8) is 0 Å². The second-order valence-corrected chi connectivity index (χ2v) is 4.83. The molecule has 2 aromatic rings. The zero-order valence-corrected chi connectivity index (χ0v) is 10.5. The van der Waals surface area contributed by atoms with Gasteiger partial charge in [-0.3, -0.25) is 4.98 Å². The van der Waals surface area contributed by atoms with Gasteiger partial charge in [-0.05, 0) is 43.0 Å². The minimum atomic E-state index is 0.412. The molecule has 0 radical (unpaired) electrons. The lowest BCUT2D eigenvalue weighted by Crippen LogP contribution is -2.31. The van der Waals surface area contributed by atoms with Gasteiger partial charge >= 0.3 is 0 Å². The Morgan fingerprint density at radius 3 is 2.89 bits per heavy atom. The number of rotatable bonds is 3. The molecule has 0 bridgehead atoms. The number of fused-ring (bicyclic) bond motifs is 1. The van der Waals surface area contributed by atoms with Crippen LogP contribution in [-0.2, 0) is 12.8 Å². The van der Waals surface area contributed by atoms with Crippen LogP contribution in [0.5, 0.6) is 0 Å². The van der Waals surface area contributed by atoms with Gasteiger partial charge in [-0.25, -0.2) is 0 Å². The average Bonchev–Trinajstić information content (AvgIpc) is 2.46. The van der Waals surface area contributed by atoms with E-state index in [4.69, 9.17) is 0 Å². The highest BCUT2D eigenvalue weighted by Gasteiger charge is 2.19. The van der Waals surface area contributed by atoms with Gasteiger partial charge in [0, 0.05) is 6.20 Å². The molecule has 0 saturated carbocycles. The lowest BCUT2D eigenvalue weighted by molar-refractivity contribution is 0.463. The van der Waals surface area contributed by atoms with Gasteiger partial charge in [0.05, 0.1) is 11.7 Å². The molecular formula is C16H18N2. The first-order valence-electron chi connectivity index (χ1n) is 6.64. The number of nitrogens with one attached hydrogen (secondary N) is 1. The van der Waals surface area contributed by atoms with Crippen LogP contribution in [0.25, 0.3) is 0 Å². The molecule has 1 aliphatic rings. The number of aryl methyl sites for hydroxylation is 1. The van der Waals surface area contributed by atoms with Crippen LogP contribution in [-0.4, -0.2) is 11.5 Å². The number of pyridine rings is 1. The predicted octanol–water partition coefficient (Wildman–Crippen LogP) is 2.90. The van der Waals surface area contributed by atoms with Crippen molar-refractivity contribution in [1.29, 1.82) is 0 Å². The van der Waals surface area contributed by atoms with Crippen molar-refractivity contribution in [3.05, 3.63) is 65.5 Å². The van der Waals surface area contributed by atoms with E-state index in [0.717, 1.165) is 25.8 Å². The van der Waals surface area contributed by atoms with Crippen LogP contribution in [0.2, 0.25) is 0 Å². The van der Waals surface area contributed by atoms with Crippen molar-refractivity contribution in [2.24, 2.45) is 0 Å². The van der Waals surface area contributed by atoms with E-state index in [-0.39, 0.29) is 0 Å². The number of aromatic nitrogens is 1. The Morgan fingerprint density at radius 1 is 1.11 bits per heavy atom. The van der Waals surface area contributed by atoms with E-state index in [1.54, 1.807) is 0 Å². The molecule has 92 valence electrons. The summed E-state index contributed by atoms with van der Waals surface area (Å²) in [7, 11) is 0. The van der Waals surface area contributed by atoms with Crippen molar-refractivity contribution in [2.75, 3.05) is 6.54 Å². The van der Waals surface area contributed by atoms with Gasteiger partial charge in [-0.1, -0.05) is 36.4 Å². The number of hydrogen-bond donors (Lipinski definition) is 1. The summed E-state index contributed by atoms with van der Waals surface area (Å²) in [5, 5.41) is 3.58. The molecular weight excluding hydrogens is 220 g/mol. The summed E-state index contributed by atoms with van der Waals surface area (Å²) < 4.78 is 0. The first kappa shape index (κ1) is 11.4. The minimum absolute atomic E-state index is 0.412. The third kappa shape index (κ3) is 2.44. The summed E-state index contributed by atoms with van der Waals surface area (Å²) in [5.41, 5.74) is 4.07. The summed E-state index contributed by atoms with van der Waals surface area (Å²) in [6.45, 7) is 1.07. The highest BCUT2D eigenvalue weighted by molar-refractivity contribution is 5.26. The molecule has 2 heteroatoms. The van der Waals surface area contributed by atoms with Gasteiger partial charge in [0.2, 0.25) is 0 Å². The monoisotopic (exact) mass is 238 g/mol. The van der Waals surface area contributed by atoms with E-state index in [1.165, 1.54) is 16.8 Å². The SMILES string of the molecule is c1ccc(CCC2NCCc3cccnc32)cc1. The van der Waals surface area contributed by atoms with Gasteiger partial charge < -0.3 is 5.32 Å². The third-order valence-corrected chi connectivity index (χ3v) is 3.61. The molecule has 0 saturated heterocycles. The van der Waals surface area contributed by atoms with Crippen LogP contribution >= 0.6 is 0 Å². The van der Waals surface area contributed by atoms with E-state index in [1.807, 2.05) is 12.3 Å². The summed E-state index contributed by atoms with van der Waals surface area (Å²) >= 11 is 0. The van der Waals surface area contributed by atoms with Crippen LogP contribution in [0.4, 0.5) is 0 Å². The summed E-state index contributed by atoms with van der Waals surface area (Å²) in [5.74, 6) is 0. The van der Waals surface area contributed by atoms with Crippen molar-refractivity contribution in [1.82, 2.24) is 10.3 Å². The van der Waals surface area contributed by atoms with Gasteiger partial charge in [0.25, 0.3) is 0 Å². The van der Waals surface area contributed by atoms with Gasteiger partial charge in [-0.2, -0.15) is 0 Å². The van der Waals surface area contributed by atoms with Gasteiger partial charge in [0.15, 0.2) is 0 Å². The molecule has 1 N–H and O–H groups in total. The van der Waals surface area contributed by atoms with E-state index >= 15 is 0 Å². The molecule has 0 fully saturated rings. The molecule has 0 spiro atoms. The molecule has 1 unspecified atom stereocenters. The van der Waals surface area contributed by atoms with Crippen molar-refractivity contribution < 1.29 is 0 Å². The topological polar surface area (TPSA) is 24.9 Å². The van der Waals surface area contributed by atoms with Crippen molar-refractivity contribution >= 4 is 0 Å². The Kier molecular flexibility index (Phi) is 3.37. The number of nitrogens with zero attached hydrogens (tertiary/aromatic N) is 1. The number of hydrogen-bond acceptors (Lipinski definition) is 2. The van der Waals surface area contributed by atoms with Crippen LogP contribution in [0, 0.1) is 0 Å². The maximum absolute atomic E-state index is 4.55. The Bertz CT molecular complexity index is 508. The zero-order chi connectivity index (χ0) is 12.2. The Balaban J connectivity index is 1.71. The fraction of sp³-hybridized carbons (Fsp3) is 0.312. The minimum Gasteiger partial charge on any atom is -0.308 e. The second kappa shape index (κ2) is 5.32. The Morgan fingerprint density at radius 2 is 2.00 bits per heavy atom. The van der Waals surface area contributed by atoms with Crippen molar-refractivity contribution in [3.8, 4) is 0 Å². The first-order chi connectivity index (χ1) is 8.93. The van der Waals surface area contributed by atoms with E-state index < -0.39 is 0 Å². The van der Waals surface area contributed by atoms with Crippen molar-refractivity contribution in [2.45, 2.75) is 25.3 Å². The molecule has 1 atom stereocenters. The molecule has 18 heavy (non-hydrogen) atoms. The summed E-state index contributed by atoms with van der Waals surface area (Å²) in [6, 6.07) is 15.3. The molecule has 3 rings (SSSR count). The van der Waals surface area contributed by atoms with Crippen LogP contribution in [0.15, 0.2) is 48.7 Å². The molecule has 0 amide bonds. The van der Waals surface area contributed by atoms with Crippen LogP contribution in [0.1, 0.15) is 29.3 Å². The van der Waals surface area contributed by atoms with Gasteiger partial charge in [-0.15, -0.1) is 0 Å². The summed E-state index contributed by atoms with van der Waals surface area (Å²) in [4.78, 5) is 4.55. The molecule has 1 aliphatic heterocycles. The first-order valence-corrected chi connectivity index (χ1v) is 6.64. The molecule has 1 aromatic heterocycles. The maximum atomic E-state index is 4.55. The normalized spacial score (nSPS) is 18.3. The Hall–Kier alpha value is -1.67. The number of benzene rings is 1.